The third kappa shape index (κ3) is 4.63. The number of fused-ring (bicyclic) bond motifs is 1. The Hall–Kier alpha value is -3.97. The Kier molecular flexibility index (Phi) is 6.51. The van der Waals surface area contributed by atoms with Crippen LogP contribution in [0.5, 0.6) is 5.75 Å². The van der Waals surface area contributed by atoms with Crippen LogP contribution in [-0.4, -0.2) is 26.5 Å². The number of Topliss-reactive ketones (excluding diaryl/α,β-unsaturated/α-hetero) is 1. The van der Waals surface area contributed by atoms with Gasteiger partial charge in [-0.05, 0) is 18.1 Å². The Morgan fingerprint density at radius 2 is 1.58 bits per heavy atom. The summed E-state index contributed by atoms with van der Waals surface area (Å²) in [4.78, 5) is 38.8. The molecule has 2 aromatic carbocycles. The molecule has 0 aliphatic carbocycles. The van der Waals surface area contributed by atoms with Crippen molar-refractivity contribution in [1.29, 1.82) is 0 Å². The van der Waals surface area contributed by atoms with Gasteiger partial charge >= 0.3 is 0 Å². The average Bonchev–Trinajstić information content (AvgIpc) is 2.82. The number of aliphatic hydroxyl groups is 1. The predicted octanol–water partition coefficient (Wildman–Crippen LogP) is 2.83. The summed E-state index contributed by atoms with van der Waals surface area (Å²) in [6.45, 7) is 1.21. The maximum Gasteiger partial charge on any atom is 0.278 e. The first kappa shape index (κ1) is 22.2. The van der Waals surface area contributed by atoms with Crippen molar-refractivity contribution in [2.24, 2.45) is 0 Å². The van der Waals surface area contributed by atoms with Gasteiger partial charge in [-0.15, -0.1) is 0 Å². The summed E-state index contributed by atoms with van der Waals surface area (Å²) in [6.07, 6.45) is 3.51. The van der Waals surface area contributed by atoms with Crippen molar-refractivity contribution in [2.75, 3.05) is 6.61 Å². The Labute approximate surface area is 190 Å². The number of benzene rings is 2. The number of hydrogen-bond donors (Lipinski definition) is 1. The smallest absolute Gasteiger partial charge is 0.278 e. The maximum atomic E-state index is 13.3. The van der Waals surface area contributed by atoms with Crippen molar-refractivity contribution in [2.45, 2.75) is 26.5 Å². The summed E-state index contributed by atoms with van der Waals surface area (Å²) in [5.41, 5.74) is 1.38. The molecule has 1 N–H and O–H groups in total. The van der Waals surface area contributed by atoms with Gasteiger partial charge in [0.2, 0.25) is 5.43 Å². The van der Waals surface area contributed by atoms with Crippen molar-refractivity contribution in [1.82, 2.24) is 8.97 Å². The molecule has 0 fully saturated rings. The van der Waals surface area contributed by atoms with Gasteiger partial charge in [-0.3, -0.25) is 14.4 Å². The molecule has 7 heteroatoms. The summed E-state index contributed by atoms with van der Waals surface area (Å²) in [6, 6.07) is 18.9. The summed E-state index contributed by atoms with van der Waals surface area (Å²) in [7, 11) is 0. The first-order valence-corrected chi connectivity index (χ1v) is 10.6. The summed E-state index contributed by atoms with van der Waals surface area (Å²) in [5, 5.41) is 9.49. The van der Waals surface area contributed by atoms with Gasteiger partial charge in [0.15, 0.2) is 17.0 Å². The van der Waals surface area contributed by atoms with Gasteiger partial charge in [-0.1, -0.05) is 60.7 Å². The molecular weight excluding hydrogens is 420 g/mol. The minimum atomic E-state index is -0.622. The Morgan fingerprint density at radius 1 is 0.939 bits per heavy atom. The molecule has 0 radical (unpaired) electrons. The predicted molar refractivity (Wildman–Crippen MR) is 125 cm³/mol. The fraction of sp³-hybridized carbons (Fsp3) is 0.192. The zero-order valence-corrected chi connectivity index (χ0v) is 18.2. The van der Waals surface area contributed by atoms with E-state index in [1.165, 1.54) is 17.7 Å². The third-order valence-corrected chi connectivity index (χ3v) is 5.42. The van der Waals surface area contributed by atoms with Crippen LogP contribution in [0, 0.1) is 0 Å². The normalized spacial score (nSPS) is 11.0. The number of hydrogen-bond acceptors (Lipinski definition) is 5. The Morgan fingerprint density at radius 3 is 2.18 bits per heavy atom. The molecule has 7 nitrogen and oxygen atoms in total. The topological polar surface area (TPSA) is 90.0 Å². The third-order valence-electron chi connectivity index (χ3n) is 5.42. The molecule has 33 heavy (non-hydrogen) atoms. The van der Waals surface area contributed by atoms with Crippen LogP contribution >= 0.6 is 0 Å². The van der Waals surface area contributed by atoms with Gasteiger partial charge in [0.25, 0.3) is 5.56 Å². The van der Waals surface area contributed by atoms with Crippen molar-refractivity contribution in [3.05, 3.63) is 116 Å². The van der Waals surface area contributed by atoms with Crippen LogP contribution in [0.15, 0.2) is 82.6 Å². The largest absolute Gasteiger partial charge is 0.483 e. The van der Waals surface area contributed by atoms with Crippen LogP contribution in [-0.2, 0) is 19.6 Å². The lowest BCUT2D eigenvalue weighted by atomic mass is 10.1. The highest BCUT2D eigenvalue weighted by Gasteiger charge is 2.21. The van der Waals surface area contributed by atoms with E-state index in [-0.39, 0.29) is 36.6 Å². The number of aliphatic hydroxyl groups excluding tert-OH is 1. The summed E-state index contributed by atoms with van der Waals surface area (Å²) >= 11 is 0. The molecular formula is C26H24N2O5. The van der Waals surface area contributed by atoms with Gasteiger partial charge in [-0.25, -0.2) is 0 Å². The van der Waals surface area contributed by atoms with Gasteiger partial charge < -0.3 is 18.8 Å². The average molecular weight is 444 g/mol. The molecule has 0 aliphatic rings. The molecule has 2 aromatic heterocycles. The molecule has 0 bridgehead atoms. The number of nitrogens with zero attached hydrogens (tertiary/aromatic N) is 2. The molecule has 0 saturated heterocycles. The maximum absolute atomic E-state index is 13.3. The van der Waals surface area contributed by atoms with Gasteiger partial charge in [-0.2, -0.15) is 0 Å². The van der Waals surface area contributed by atoms with E-state index < -0.39 is 16.8 Å². The second kappa shape index (κ2) is 9.67. The van der Waals surface area contributed by atoms with E-state index in [0.29, 0.717) is 12.1 Å². The highest BCUT2D eigenvalue weighted by Crippen LogP contribution is 2.19. The standard InChI is InChI=1S/C26H24N2O5/c1-18(30)22-16-28-21(14-19-8-4-2-5-9-19)15-27(12-13-29)26(32)23(28)25(24(22)31)33-17-20-10-6-3-7-11-20/h2-11,15-16,29H,12-14,17H2,1H3. The number of rotatable bonds is 8. The zero-order valence-electron chi connectivity index (χ0n) is 18.2. The monoisotopic (exact) mass is 444 g/mol. The fourth-order valence-electron chi connectivity index (χ4n) is 3.78. The molecule has 0 atom stereocenters. The van der Waals surface area contributed by atoms with Crippen LogP contribution in [0.25, 0.3) is 5.52 Å². The van der Waals surface area contributed by atoms with E-state index in [1.807, 2.05) is 60.7 Å². The minimum Gasteiger partial charge on any atom is -0.483 e. The second-order valence-corrected chi connectivity index (χ2v) is 7.76. The highest BCUT2D eigenvalue weighted by atomic mass is 16.5. The molecule has 2 heterocycles. The first-order chi connectivity index (χ1) is 16.0. The molecule has 168 valence electrons. The number of carbonyl (C=O) groups is 1. The lowest BCUT2D eigenvalue weighted by Gasteiger charge is -2.17. The van der Waals surface area contributed by atoms with E-state index in [0.717, 1.165) is 11.1 Å². The minimum absolute atomic E-state index is 0.0443. The SMILES string of the molecule is CC(=O)c1cn2c(Cc3ccccc3)cn(CCO)c(=O)c2c(OCc2ccccc2)c1=O. The van der Waals surface area contributed by atoms with Crippen molar-refractivity contribution < 1.29 is 14.6 Å². The fourth-order valence-corrected chi connectivity index (χ4v) is 3.78. The summed E-state index contributed by atoms with van der Waals surface area (Å²) < 4.78 is 8.83. The van der Waals surface area contributed by atoms with Crippen LogP contribution in [0.1, 0.15) is 34.1 Å². The van der Waals surface area contributed by atoms with Gasteiger partial charge in [0, 0.05) is 31.1 Å². The van der Waals surface area contributed by atoms with Crippen LogP contribution in [0.4, 0.5) is 0 Å². The van der Waals surface area contributed by atoms with Crippen molar-refractivity contribution in [3.63, 3.8) is 0 Å². The number of ketones is 1. The van der Waals surface area contributed by atoms with Crippen LogP contribution in [0.2, 0.25) is 0 Å². The van der Waals surface area contributed by atoms with E-state index in [1.54, 1.807) is 10.6 Å². The molecule has 0 aliphatic heterocycles. The zero-order chi connectivity index (χ0) is 23.4. The molecule has 0 unspecified atom stereocenters. The molecule has 0 spiro atoms. The van der Waals surface area contributed by atoms with Gasteiger partial charge in [0.05, 0.1) is 12.2 Å². The molecule has 4 aromatic rings. The van der Waals surface area contributed by atoms with Crippen molar-refractivity contribution >= 4 is 11.3 Å². The summed E-state index contributed by atoms with van der Waals surface area (Å²) in [5.74, 6) is -0.581. The molecule has 4 rings (SSSR count). The van der Waals surface area contributed by atoms with E-state index in [9.17, 15) is 19.5 Å². The number of ether oxygens (including phenoxy) is 1. The highest BCUT2D eigenvalue weighted by molar-refractivity contribution is 5.94. The van der Waals surface area contributed by atoms with Crippen LogP contribution < -0.4 is 15.7 Å². The Bertz CT molecular complexity index is 1410. The van der Waals surface area contributed by atoms with E-state index >= 15 is 0 Å². The number of pyridine rings is 1. The lowest BCUT2D eigenvalue weighted by molar-refractivity contribution is 0.101. The first-order valence-electron chi connectivity index (χ1n) is 10.6. The Balaban J connectivity index is 1.97. The quantitative estimate of drug-likeness (QED) is 0.422. The molecule has 0 amide bonds. The van der Waals surface area contributed by atoms with Gasteiger partial charge in [0.1, 0.15) is 6.61 Å². The number of carbonyl (C=O) groups excluding carboxylic acids is 1. The second-order valence-electron chi connectivity index (χ2n) is 7.76. The van der Waals surface area contributed by atoms with E-state index in [2.05, 4.69) is 0 Å². The molecule has 0 saturated carbocycles. The van der Waals surface area contributed by atoms with E-state index in [4.69, 9.17) is 4.74 Å². The lowest BCUT2D eigenvalue weighted by Crippen LogP contribution is -2.29. The van der Waals surface area contributed by atoms with Crippen molar-refractivity contribution in [3.8, 4) is 5.75 Å². The van der Waals surface area contributed by atoms with Crippen LogP contribution in [0.3, 0.4) is 0 Å². The number of aromatic nitrogens is 2.